The van der Waals surface area contributed by atoms with Crippen molar-refractivity contribution in [3.05, 3.63) is 24.3 Å². The minimum absolute atomic E-state index is 0.0219. The lowest BCUT2D eigenvalue weighted by Crippen LogP contribution is -2.57. The van der Waals surface area contributed by atoms with Crippen molar-refractivity contribution in [2.75, 3.05) is 40.0 Å². The highest BCUT2D eigenvalue weighted by atomic mass is 32.2. The molecule has 9 nitrogen and oxygen atoms in total. The Labute approximate surface area is 195 Å². The van der Waals surface area contributed by atoms with Crippen LogP contribution in [0.25, 0.3) is 0 Å². The average Bonchev–Trinajstić information content (AvgIpc) is 2.82. The molecule has 0 aromatic heterocycles. The highest BCUT2D eigenvalue weighted by molar-refractivity contribution is 7.89. The van der Waals surface area contributed by atoms with Gasteiger partial charge in [0.1, 0.15) is 5.75 Å². The van der Waals surface area contributed by atoms with Crippen molar-refractivity contribution in [1.29, 1.82) is 0 Å². The fourth-order valence-corrected chi connectivity index (χ4v) is 6.69. The quantitative estimate of drug-likeness (QED) is 0.676. The van der Waals surface area contributed by atoms with Crippen LogP contribution in [-0.4, -0.2) is 92.9 Å². The second-order valence-corrected chi connectivity index (χ2v) is 10.9. The Bertz CT molecular complexity index is 919. The third-order valence-electron chi connectivity index (χ3n) is 6.69. The van der Waals surface area contributed by atoms with Gasteiger partial charge in [-0.1, -0.05) is 6.07 Å². The Morgan fingerprint density at radius 3 is 2.73 bits per heavy atom. The van der Waals surface area contributed by atoms with Crippen LogP contribution in [0.1, 0.15) is 38.5 Å². The number of hydrogen-bond donors (Lipinski definition) is 1. The van der Waals surface area contributed by atoms with Crippen molar-refractivity contribution in [3.8, 4) is 5.75 Å². The number of nitrogens with zero attached hydrogens (tertiary/aromatic N) is 2. The molecule has 0 radical (unpaired) electrons. The van der Waals surface area contributed by atoms with Crippen molar-refractivity contribution in [2.45, 2.75) is 67.8 Å². The van der Waals surface area contributed by atoms with Crippen LogP contribution in [0.4, 0.5) is 0 Å². The minimum atomic E-state index is -3.91. The van der Waals surface area contributed by atoms with E-state index in [0.717, 1.165) is 32.4 Å². The van der Waals surface area contributed by atoms with Gasteiger partial charge in [-0.3, -0.25) is 4.79 Å². The summed E-state index contributed by atoms with van der Waals surface area (Å²) < 4.78 is 45.6. The molecule has 0 unspecified atom stereocenters. The molecule has 1 N–H and O–H groups in total. The molecule has 0 saturated carbocycles. The average molecular weight is 483 g/mol. The Balaban J connectivity index is 1.51. The number of methoxy groups -OCH3 is 1. The van der Waals surface area contributed by atoms with E-state index in [0.29, 0.717) is 25.0 Å². The van der Waals surface area contributed by atoms with E-state index in [1.165, 1.54) is 23.5 Å². The van der Waals surface area contributed by atoms with Crippen LogP contribution in [0.5, 0.6) is 5.75 Å². The number of benzene rings is 1. The maximum absolute atomic E-state index is 13.6. The van der Waals surface area contributed by atoms with Gasteiger partial charge < -0.3 is 24.2 Å². The first kappa shape index (κ1) is 24.4. The Morgan fingerprint density at radius 1 is 1.18 bits per heavy atom. The molecule has 1 amide bonds. The largest absolute Gasteiger partial charge is 0.497 e. The van der Waals surface area contributed by atoms with Gasteiger partial charge in [-0.2, -0.15) is 4.31 Å². The lowest BCUT2D eigenvalue weighted by Gasteiger charge is -2.43. The van der Waals surface area contributed by atoms with E-state index in [1.54, 1.807) is 12.1 Å². The lowest BCUT2D eigenvalue weighted by molar-refractivity contribution is -0.152. The number of amides is 1. The fraction of sp³-hybridized carbons (Fsp3) is 0.696. The molecule has 0 aliphatic carbocycles. The van der Waals surface area contributed by atoms with Gasteiger partial charge in [0.25, 0.3) is 0 Å². The molecule has 1 aromatic carbocycles. The second kappa shape index (κ2) is 10.7. The fourth-order valence-electron chi connectivity index (χ4n) is 4.94. The van der Waals surface area contributed by atoms with Crippen molar-refractivity contribution >= 4 is 15.9 Å². The maximum Gasteiger partial charge on any atom is 0.243 e. The summed E-state index contributed by atoms with van der Waals surface area (Å²) in [7, 11) is -2.43. The zero-order valence-corrected chi connectivity index (χ0v) is 19.9. The van der Waals surface area contributed by atoms with E-state index in [2.05, 4.69) is 0 Å². The highest BCUT2D eigenvalue weighted by Crippen LogP contribution is 2.32. The SMILES string of the molecule is COc1cccc(S(=O)(=O)N2C[C@@H](O)COC[C@H]3O[C@H](CC(=O)N4CCCCC4)CC[C@@H]32)c1. The summed E-state index contributed by atoms with van der Waals surface area (Å²) in [4.78, 5) is 14.7. The van der Waals surface area contributed by atoms with E-state index in [-0.39, 0.29) is 36.7 Å². The molecule has 184 valence electrons. The van der Waals surface area contributed by atoms with Gasteiger partial charge in [0.2, 0.25) is 15.9 Å². The predicted octanol–water partition coefficient (Wildman–Crippen LogP) is 1.40. The number of carbonyl (C=O) groups is 1. The lowest BCUT2D eigenvalue weighted by atomic mass is 9.96. The van der Waals surface area contributed by atoms with Crippen molar-refractivity contribution < 1.29 is 32.5 Å². The molecule has 3 aliphatic rings. The van der Waals surface area contributed by atoms with Gasteiger partial charge in [0, 0.05) is 25.7 Å². The van der Waals surface area contributed by atoms with Gasteiger partial charge in [0.05, 0.1) is 56.0 Å². The summed E-state index contributed by atoms with van der Waals surface area (Å²) in [5, 5.41) is 10.4. The Hall–Kier alpha value is -1.72. The number of β-amino-alcohol motifs (C(OH)–C–C–N with tert-alkyl or cyclic N) is 1. The summed E-state index contributed by atoms with van der Waals surface area (Å²) in [6.07, 6.45) is 2.92. The molecule has 3 saturated heterocycles. The second-order valence-electron chi connectivity index (χ2n) is 9.03. The first-order valence-electron chi connectivity index (χ1n) is 11.7. The number of aliphatic hydroxyl groups excluding tert-OH is 1. The predicted molar refractivity (Wildman–Crippen MR) is 120 cm³/mol. The Morgan fingerprint density at radius 2 is 1.97 bits per heavy atom. The van der Waals surface area contributed by atoms with Gasteiger partial charge >= 0.3 is 0 Å². The molecule has 4 rings (SSSR count). The molecule has 3 fully saturated rings. The third-order valence-corrected chi connectivity index (χ3v) is 8.58. The third kappa shape index (κ3) is 5.68. The van der Waals surface area contributed by atoms with Crippen LogP contribution >= 0.6 is 0 Å². The first-order chi connectivity index (χ1) is 15.9. The van der Waals surface area contributed by atoms with E-state index >= 15 is 0 Å². The zero-order valence-electron chi connectivity index (χ0n) is 19.1. The van der Waals surface area contributed by atoms with Gasteiger partial charge in [-0.05, 0) is 44.2 Å². The smallest absolute Gasteiger partial charge is 0.243 e. The van der Waals surface area contributed by atoms with E-state index < -0.39 is 28.3 Å². The number of hydrogen-bond acceptors (Lipinski definition) is 7. The van der Waals surface area contributed by atoms with E-state index in [1.807, 2.05) is 4.90 Å². The maximum atomic E-state index is 13.6. The number of fused-ring (bicyclic) bond motifs is 1. The van der Waals surface area contributed by atoms with Crippen LogP contribution in [0, 0.1) is 0 Å². The molecule has 3 aliphatic heterocycles. The van der Waals surface area contributed by atoms with Gasteiger partial charge in [0.15, 0.2) is 0 Å². The van der Waals surface area contributed by atoms with Crippen molar-refractivity contribution in [3.63, 3.8) is 0 Å². The minimum Gasteiger partial charge on any atom is -0.497 e. The van der Waals surface area contributed by atoms with Crippen LogP contribution < -0.4 is 4.74 Å². The van der Waals surface area contributed by atoms with E-state index in [9.17, 15) is 18.3 Å². The van der Waals surface area contributed by atoms with Gasteiger partial charge in [-0.15, -0.1) is 0 Å². The van der Waals surface area contributed by atoms with E-state index in [4.69, 9.17) is 14.2 Å². The van der Waals surface area contributed by atoms with Gasteiger partial charge in [-0.25, -0.2) is 8.42 Å². The molecule has 33 heavy (non-hydrogen) atoms. The number of carbonyl (C=O) groups excluding carboxylic acids is 1. The number of piperidine rings is 1. The molecule has 4 atom stereocenters. The monoisotopic (exact) mass is 482 g/mol. The molecule has 0 bridgehead atoms. The summed E-state index contributed by atoms with van der Waals surface area (Å²) >= 11 is 0. The number of aliphatic hydroxyl groups is 1. The first-order valence-corrected chi connectivity index (χ1v) is 13.2. The molecular weight excluding hydrogens is 448 g/mol. The Kier molecular flexibility index (Phi) is 7.91. The normalized spacial score (nSPS) is 29.6. The number of likely N-dealkylation sites (tertiary alicyclic amines) is 1. The van der Waals surface area contributed by atoms with Crippen LogP contribution in [0.2, 0.25) is 0 Å². The summed E-state index contributed by atoms with van der Waals surface area (Å²) in [6, 6.07) is 5.84. The van der Waals surface area contributed by atoms with Crippen molar-refractivity contribution in [2.24, 2.45) is 0 Å². The topological polar surface area (TPSA) is 106 Å². The molecule has 3 heterocycles. The number of sulfonamides is 1. The number of ether oxygens (including phenoxy) is 3. The molecule has 1 aromatic rings. The van der Waals surface area contributed by atoms with Crippen LogP contribution in [0.3, 0.4) is 0 Å². The number of rotatable bonds is 5. The standard InChI is InChI=1S/C23H34N2O7S/c1-30-18-6-5-7-20(12-18)33(28,29)25-14-17(26)15-31-16-22-21(25)9-8-19(32-22)13-23(27)24-10-3-2-4-11-24/h5-7,12,17,19,21-22,26H,2-4,8-11,13-16H2,1H3/t17-,19+,21+,22-/m1/s1. The van der Waals surface area contributed by atoms with Crippen LogP contribution in [-0.2, 0) is 24.3 Å². The summed E-state index contributed by atoms with van der Waals surface area (Å²) in [6.45, 7) is 1.70. The summed E-state index contributed by atoms with van der Waals surface area (Å²) in [5.74, 6) is 0.543. The summed E-state index contributed by atoms with van der Waals surface area (Å²) in [5.41, 5.74) is 0. The molecular formula is C23H34N2O7S. The molecule has 0 spiro atoms. The van der Waals surface area contributed by atoms with Crippen molar-refractivity contribution in [1.82, 2.24) is 9.21 Å². The highest BCUT2D eigenvalue weighted by Gasteiger charge is 2.43. The zero-order chi connectivity index (χ0) is 23.4. The van der Waals surface area contributed by atoms with Crippen LogP contribution in [0.15, 0.2) is 29.2 Å². The molecule has 10 heteroatoms.